The SMILES string of the molecule is COc1cc2nc(N3CCN(C(=O)[C]4CCCO4)CC3)nc(N)c2cc1OC.Cl.O.O. The third-order valence-electron chi connectivity index (χ3n) is 5.13. The van der Waals surface area contributed by atoms with E-state index in [1.807, 2.05) is 9.80 Å². The fourth-order valence-corrected chi connectivity index (χ4v) is 3.56. The molecule has 2 fully saturated rings. The first-order valence-corrected chi connectivity index (χ1v) is 9.33. The molecule has 2 saturated heterocycles. The summed E-state index contributed by atoms with van der Waals surface area (Å²) in [7, 11) is 3.15. The number of rotatable bonds is 4. The lowest BCUT2D eigenvalue weighted by Gasteiger charge is -2.35. The number of nitrogens with zero attached hydrogens (tertiary/aromatic N) is 4. The molecule has 0 unspecified atom stereocenters. The van der Waals surface area contributed by atoms with Gasteiger partial charge >= 0.3 is 0 Å². The van der Waals surface area contributed by atoms with Gasteiger partial charge in [-0.2, -0.15) is 4.98 Å². The van der Waals surface area contributed by atoms with Gasteiger partial charge in [0.25, 0.3) is 5.91 Å². The van der Waals surface area contributed by atoms with Crippen LogP contribution in [-0.2, 0) is 9.53 Å². The highest BCUT2D eigenvalue weighted by molar-refractivity contribution is 5.92. The average Bonchev–Trinajstić information content (AvgIpc) is 3.27. The van der Waals surface area contributed by atoms with Crippen LogP contribution >= 0.6 is 12.4 Å². The number of piperazine rings is 1. The zero-order valence-corrected chi connectivity index (χ0v) is 18.3. The lowest BCUT2D eigenvalue weighted by atomic mass is 10.2. The zero-order valence-electron chi connectivity index (χ0n) is 17.5. The Balaban J connectivity index is 0.00000160. The van der Waals surface area contributed by atoms with Gasteiger partial charge in [-0.25, -0.2) is 4.98 Å². The molecule has 0 aliphatic carbocycles. The molecule has 2 aliphatic rings. The van der Waals surface area contributed by atoms with Crippen LogP contribution in [0.4, 0.5) is 11.8 Å². The summed E-state index contributed by atoms with van der Waals surface area (Å²) in [6.45, 7) is 3.10. The largest absolute Gasteiger partial charge is 0.493 e. The second-order valence-corrected chi connectivity index (χ2v) is 6.79. The quantitative estimate of drug-likeness (QED) is 0.667. The maximum atomic E-state index is 12.5. The number of nitrogen functional groups attached to an aromatic ring is 1. The second-order valence-electron chi connectivity index (χ2n) is 6.79. The number of fused-ring (bicyclic) bond motifs is 1. The topological polar surface area (TPSA) is 166 Å². The van der Waals surface area contributed by atoms with E-state index in [-0.39, 0.29) is 29.3 Å². The number of halogens is 1. The fourth-order valence-electron chi connectivity index (χ4n) is 3.56. The number of methoxy groups -OCH3 is 2. The molecule has 2 aromatic rings. The standard InChI is InChI=1S/C19H24N5O4.ClH.2H2O/c1-26-15-10-12-13(11-16(15)27-2)21-19(22-17(12)20)24-7-5-23(6-8-24)18(25)14-4-3-9-28-14;;;/h10-11H,3-9H2,1-2H3,(H2,20,21,22);1H;2*1H2. The number of amides is 1. The van der Waals surface area contributed by atoms with E-state index in [4.69, 9.17) is 19.9 Å². The lowest BCUT2D eigenvalue weighted by molar-refractivity contribution is -0.134. The van der Waals surface area contributed by atoms with E-state index in [2.05, 4.69) is 9.97 Å². The summed E-state index contributed by atoms with van der Waals surface area (Å²) in [6.07, 6.45) is 2.23. The molecule has 1 radical (unpaired) electrons. The molecule has 0 bridgehead atoms. The van der Waals surface area contributed by atoms with Crippen molar-refractivity contribution in [2.75, 3.05) is 57.6 Å². The van der Waals surface area contributed by atoms with Crippen molar-refractivity contribution in [1.82, 2.24) is 14.9 Å². The van der Waals surface area contributed by atoms with Crippen LogP contribution in [0.25, 0.3) is 10.9 Å². The summed E-state index contributed by atoms with van der Waals surface area (Å²) in [5.41, 5.74) is 6.87. The molecule has 0 saturated carbocycles. The molecule has 6 N–H and O–H groups in total. The molecule has 0 atom stereocenters. The van der Waals surface area contributed by atoms with Gasteiger partial charge in [0.15, 0.2) is 17.6 Å². The van der Waals surface area contributed by atoms with Crippen LogP contribution < -0.4 is 20.1 Å². The number of carbonyl (C=O) groups is 1. The Bertz CT molecular complexity index is 888. The first kappa shape index (κ1) is 26.4. The summed E-state index contributed by atoms with van der Waals surface area (Å²) in [4.78, 5) is 25.5. The first-order chi connectivity index (χ1) is 13.6. The maximum Gasteiger partial charge on any atom is 0.258 e. The minimum atomic E-state index is 0. The first-order valence-electron chi connectivity index (χ1n) is 9.33. The molecule has 1 aromatic carbocycles. The van der Waals surface area contributed by atoms with Crippen LogP contribution in [0.3, 0.4) is 0 Å². The molecule has 1 amide bonds. The van der Waals surface area contributed by atoms with Crippen LogP contribution in [0.15, 0.2) is 12.1 Å². The van der Waals surface area contributed by atoms with Gasteiger partial charge in [0.2, 0.25) is 5.95 Å². The molecule has 1 aromatic heterocycles. The van der Waals surface area contributed by atoms with E-state index >= 15 is 0 Å². The molecule has 12 heteroatoms. The molecule has 11 nitrogen and oxygen atoms in total. The Morgan fingerprint density at radius 3 is 2.29 bits per heavy atom. The highest BCUT2D eigenvalue weighted by Crippen LogP contribution is 2.34. The van der Waals surface area contributed by atoms with Crippen molar-refractivity contribution in [2.24, 2.45) is 0 Å². The summed E-state index contributed by atoms with van der Waals surface area (Å²) >= 11 is 0. The highest BCUT2D eigenvalue weighted by Gasteiger charge is 2.32. The van der Waals surface area contributed by atoms with Crippen LogP contribution in [-0.4, -0.2) is 78.7 Å². The van der Waals surface area contributed by atoms with Gasteiger partial charge in [0, 0.05) is 44.2 Å². The Morgan fingerprint density at radius 1 is 1.06 bits per heavy atom. The Kier molecular flexibility index (Phi) is 9.50. The van der Waals surface area contributed by atoms with Gasteiger partial charge in [0.05, 0.1) is 19.7 Å². The average molecular weight is 459 g/mol. The number of benzene rings is 1. The predicted octanol–water partition coefficient (Wildman–Crippen LogP) is -0.00741. The third kappa shape index (κ3) is 5.18. The monoisotopic (exact) mass is 458 g/mol. The number of nitrogens with two attached hydrogens (primary N) is 1. The summed E-state index contributed by atoms with van der Waals surface area (Å²) in [5.74, 6) is 2.11. The summed E-state index contributed by atoms with van der Waals surface area (Å²) < 4.78 is 16.1. The van der Waals surface area contributed by atoms with Crippen molar-refractivity contribution in [3.8, 4) is 11.5 Å². The number of carbonyl (C=O) groups excluding carboxylic acids is 1. The Hall–Kier alpha value is -2.60. The van der Waals surface area contributed by atoms with Crippen LogP contribution in [0.5, 0.6) is 11.5 Å². The van der Waals surface area contributed by atoms with E-state index < -0.39 is 0 Å². The van der Waals surface area contributed by atoms with Gasteiger partial charge in [-0.15, -0.1) is 12.4 Å². The Morgan fingerprint density at radius 2 is 1.71 bits per heavy atom. The molecule has 173 valence electrons. The van der Waals surface area contributed by atoms with Gasteiger partial charge < -0.3 is 40.7 Å². The highest BCUT2D eigenvalue weighted by atomic mass is 35.5. The van der Waals surface area contributed by atoms with E-state index in [1.165, 1.54) is 0 Å². The molecule has 4 rings (SSSR count). The molecule has 0 spiro atoms. The summed E-state index contributed by atoms with van der Waals surface area (Å²) in [5, 5.41) is 0.713. The fraction of sp³-hybridized carbons (Fsp3) is 0.474. The molecule has 2 aliphatic heterocycles. The molecule has 31 heavy (non-hydrogen) atoms. The number of anilines is 2. The number of hydrogen-bond donors (Lipinski definition) is 1. The minimum Gasteiger partial charge on any atom is -0.493 e. The zero-order chi connectivity index (χ0) is 19.7. The van der Waals surface area contributed by atoms with Crippen molar-refractivity contribution in [3.63, 3.8) is 0 Å². The van der Waals surface area contributed by atoms with Gasteiger partial charge in [0.1, 0.15) is 5.82 Å². The normalized spacial score (nSPS) is 16.2. The minimum absolute atomic E-state index is 0. The van der Waals surface area contributed by atoms with Crippen molar-refractivity contribution in [1.29, 1.82) is 0 Å². The molecular formula is C19H29ClN5O6. The van der Waals surface area contributed by atoms with E-state index in [1.54, 1.807) is 26.4 Å². The van der Waals surface area contributed by atoms with Crippen LogP contribution in [0.2, 0.25) is 0 Å². The van der Waals surface area contributed by atoms with E-state index in [0.717, 1.165) is 12.8 Å². The van der Waals surface area contributed by atoms with Gasteiger partial charge in [-0.05, 0) is 18.9 Å². The van der Waals surface area contributed by atoms with E-state index in [9.17, 15) is 4.79 Å². The number of ether oxygens (including phenoxy) is 3. The van der Waals surface area contributed by atoms with Gasteiger partial charge in [-0.3, -0.25) is 4.79 Å². The van der Waals surface area contributed by atoms with Crippen molar-refractivity contribution >= 4 is 41.0 Å². The van der Waals surface area contributed by atoms with Gasteiger partial charge in [-0.1, -0.05) is 0 Å². The van der Waals surface area contributed by atoms with Crippen LogP contribution in [0, 0.1) is 6.10 Å². The number of aromatic nitrogens is 2. The van der Waals surface area contributed by atoms with E-state index in [0.29, 0.717) is 73.1 Å². The Labute approximate surface area is 186 Å². The maximum absolute atomic E-state index is 12.5. The van der Waals surface area contributed by atoms with Crippen molar-refractivity contribution in [2.45, 2.75) is 12.8 Å². The number of hydrogen-bond acceptors (Lipinski definition) is 8. The second kappa shape index (κ2) is 11.1. The summed E-state index contributed by atoms with van der Waals surface area (Å²) in [6, 6.07) is 3.58. The van der Waals surface area contributed by atoms with Crippen LogP contribution in [0.1, 0.15) is 12.8 Å². The molecule has 3 heterocycles. The predicted molar refractivity (Wildman–Crippen MR) is 119 cm³/mol. The third-order valence-corrected chi connectivity index (χ3v) is 5.13. The van der Waals surface area contributed by atoms with Crippen molar-refractivity contribution in [3.05, 3.63) is 18.2 Å². The lowest BCUT2D eigenvalue weighted by Crippen LogP contribution is -2.50. The smallest absolute Gasteiger partial charge is 0.258 e. The van der Waals surface area contributed by atoms with Crippen molar-refractivity contribution < 1.29 is 30.0 Å². The molecular weight excluding hydrogens is 430 g/mol.